The van der Waals surface area contributed by atoms with E-state index >= 15 is 0 Å². The molecular weight excluding hydrogens is 2280 g/mol. The van der Waals surface area contributed by atoms with Crippen LogP contribution in [0.3, 0.4) is 0 Å². The van der Waals surface area contributed by atoms with Crippen LogP contribution >= 0.6 is 0 Å². The number of hydrogen-bond acceptors (Lipinski definition) is 4. The SMILES string of the molecule is CC1(C)c2c[c-]c(-c3nccn3-c3ccc(-c4ccccc4)cc3)cc2-c2cc3c4ccccc4c4ccccc4c3cc21.CC1(C)c2cc(-c3nccc4ccccc34)[c-]cc2-c2ccc3c4ccccc4c4ccccc4c3c21.Cc1cc(-c2ccccc2)cc(C)c1-n1ccnc1-c1[c-]cc2c(c1)-c1cc3c4ccccc4c4ccccc4c3cc1C2(C)C.Cc1cnc(-c2[c-]cccc2)cc1C.[Ir].[Ir].[Ir]. The van der Waals surface area contributed by atoms with Crippen LogP contribution in [0.25, 0.3) is 220 Å². The van der Waals surface area contributed by atoms with Crippen LogP contribution in [-0.4, -0.2) is 29.1 Å². The van der Waals surface area contributed by atoms with Crippen molar-refractivity contribution in [2.24, 2.45) is 0 Å². The van der Waals surface area contributed by atoms with E-state index in [-0.39, 0.29) is 76.6 Å². The molecule has 0 amide bonds. The van der Waals surface area contributed by atoms with E-state index in [1.807, 2.05) is 55.2 Å². The largest absolute Gasteiger partial charge is 0.340 e. The molecule has 0 unspecified atom stereocenters. The summed E-state index contributed by atoms with van der Waals surface area (Å²) in [6.45, 7) is 22.7. The zero-order valence-corrected chi connectivity index (χ0v) is 88.6. The van der Waals surface area contributed by atoms with Crippen molar-refractivity contribution in [1.82, 2.24) is 29.1 Å². The van der Waals surface area contributed by atoms with Crippen LogP contribution in [-0.2, 0) is 76.6 Å². The molecule has 699 valence electrons. The van der Waals surface area contributed by atoms with Gasteiger partial charge in [-0.15, -0.1) is 124 Å². The quantitative estimate of drug-likeness (QED) is 0.112. The molecule has 4 aromatic heterocycles. The van der Waals surface area contributed by atoms with E-state index in [1.165, 1.54) is 219 Å². The fraction of sp³-hybridized carbons (Fsp3) is 0.0963. The molecule has 0 N–H and O–H groups in total. The van der Waals surface area contributed by atoms with Gasteiger partial charge in [0.1, 0.15) is 0 Å². The van der Waals surface area contributed by atoms with Crippen LogP contribution in [0.4, 0.5) is 0 Å². The monoisotopic (exact) mass is 2380 g/mol. The molecule has 25 aromatic rings. The van der Waals surface area contributed by atoms with Gasteiger partial charge in [0.15, 0.2) is 0 Å². The molecule has 6 nitrogen and oxygen atoms in total. The first-order valence-corrected chi connectivity index (χ1v) is 48.8. The first-order chi connectivity index (χ1) is 68.9. The maximum Gasteiger partial charge on any atom is 0.0603 e. The van der Waals surface area contributed by atoms with Gasteiger partial charge < -0.3 is 19.1 Å². The number of benzene rings is 21. The van der Waals surface area contributed by atoms with Crippen molar-refractivity contribution in [1.29, 1.82) is 0 Å². The fourth-order valence-electron chi connectivity index (χ4n) is 23.4. The molecule has 0 aliphatic heterocycles. The van der Waals surface area contributed by atoms with Crippen LogP contribution in [0.15, 0.2) is 413 Å². The molecule has 0 fully saturated rings. The molecule has 144 heavy (non-hydrogen) atoms. The van der Waals surface area contributed by atoms with Crippen molar-refractivity contribution in [2.75, 3.05) is 0 Å². The van der Waals surface area contributed by atoms with Gasteiger partial charge in [-0.25, -0.2) is 0 Å². The Hall–Kier alpha value is -15.1. The normalized spacial score (nSPS) is 12.9. The minimum atomic E-state index is -0.163. The van der Waals surface area contributed by atoms with Crippen LogP contribution in [0.5, 0.6) is 0 Å². The fourth-order valence-corrected chi connectivity index (χ4v) is 23.4. The van der Waals surface area contributed by atoms with Gasteiger partial charge in [-0.1, -0.05) is 330 Å². The Morgan fingerprint density at radius 1 is 0.250 bits per heavy atom. The number of imidazole rings is 2. The van der Waals surface area contributed by atoms with Crippen LogP contribution in [0.2, 0.25) is 0 Å². The molecule has 3 aliphatic rings. The molecule has 0 spiro atoms. The molecule has 0 saturated heterocycles. The summed E-state index contributed by atoms with van der Waals surface area (Å²) in [6, 6.07) is 150. The van der Waals surface area contributed by atoms with E-state index in [2.05, 4.69) is 466 Å². The standard InChI is InChI=1S/C44H33N2.C42H29N2.C36H24N.C13H12N.3Ir/c1-27-22-31(29-12-6-5-7-13-29)23-28(2)42(27)46-21-20-45-43(46)30-18-19-40-38(24-30)39-25-36-34-16-10-8-14-32(34)33-15-9-11-17-35(33)37(36)26-41(39)44(40,3)4;1-42(2)39-21-18-29(41-43-22-23-44(41)30-19-16-28(17-20-30)27-10-4-3-5-11-27)24-37(39)38-25-35-33-14-8-6-12-31(33)32-13-7-9-15-34(32)36(35)26-40(38)42;1-36(2)32-21-23(35-24-10-4-3-9-22(24)19-20-37-35)15-16-28(32)31-18-17-30-27-13-6-5-11-25(27)26-12-7-8-14-29(26)33(30)34(31)36;1-10-8-13(14-9-11(10)2)12-6-4-3-5-7-12;;;/h5-17,19-26H,1-4H3;3-17,19-26H,1-2H3;3-14,16-21H,1-2H3;3-6,8-9H,1-2H3;;;/q4*-1;;;. The Kier molecular flexibility index (Phi) is 24.3. The van der Waals surface area contributed by atoms with E-state index < -0.39 is 0 Å². The average Bonchev–Trinajstić information content (AvgIpc) is 1.53. The van der Waals surface area contributed by atoms with Gasteiger partial charge in [0.25, 0.3) is 0 Å². The minimum Gasteiger partial charge on any atom is -0.340 e. The number of nitrogens with zero attached hydrogens (tertiary/aromatic N) is 6. The second-order valence-corrected chi connectivity index (χ2v) is 39.8. The number of aromatic nitrogens is 6. The zero-order valence-electron chi connectivity index (χ0n) is 81.4. The maximum absolute atomic E-state index is 4.90. The minimum absolute atomic E-state index is 0. The van der Waals surface area contributed by atoms with Gasteiger partial charge in [0.2, 0.25) is 0 Å². The van der Waals surface area contributed by atoms with E-state index in [9.17, 15) is 0 Å². The molecule has 0 saturated carbocycles. The Morgan fingerprint density at radius 3 is 1.16 bits per heavy atom. The summed E-state index contributed by atoms with van der Waals surface area (Å²) in [4.78, 5) is 18.9. The molecule has 4 heterocycles. The topological polar surface area (TPSA) is 61.4 Å². The molecule has 9 heteroatoms. The Bertz CT molecular complexity index is 9380. The number of rotatable bonds is 8. The first-order valence-electron chi connectivity index (χ1n) is 48.8. The van der Waals surface area contributed by atoms with Crippen LogP contribution in [0.1, 0.15) is 97.2 Å². The summed E-state index contributed by atoms with van der Waals surface area (Å²) in [5.74, 6) is 1.80. The van der Waals surface area contributed by atoms with Crippen molar-refractivity contribution >= 4 is 108 Å². The van der Waals surface area contributed by atoms with Gasteiger partial charge in [-0.2, -0.15) is 0 Å². The zero-order chi connectivity index (χ0) is 95.3. The van der Waals surface area contributed by atoms with E-state index in [0.29, 0.717) is 0 Å². The summed E-state index contributed by atoms with van der Waals surface area (Å²) >= 11 is 0. The predicted molar refractivity (Wildman–Crippen MR) is 590 cm³/mol. The summed E-state index contributed by atoms with van der Waals surface area (Å²) in [5, 5.41) is 26.0. The summed E-state index contributed by atoms with van der Waals surface area (Å²) < 4.78 is 4.40. The Labute approximate surface area is 880 Å². The predicted octanol–water partition coefficient (Wildman–Crippen LogP) is 34.8. The van der Waals surface area contributed by atoms with Gasteiger partial charge in [0.05, 0.1) is 11.6 Å². The number of aryl methyl sites for hydroxylation is 4. The Balaban J connectivity index is 0.000000115. The molecule has 3 aliphatic carbocycles. The number of fused-ring (bicyclic) bond motifs is 29. The molecule has 21 aromatic carbocycles. The van der Waals surface area contributed by atoms with Gasteiger partial charge in [0, 0.05) is 109 Å². The van der Waals surface area contributed by atoms with Crippen molar-refractivity contribution in [3.8, 4) is 112 Å². The second-order valence-electron chi connectivity index (χ2n) is 39.8. The van der Waals surface area contributed by atoms with Crippen molar-refractivity contribution < 1.29 is 60.3 Å². The maximum atomic E-state index is 4.90. The third-order valence-electron chi connectivity index (χ3n) is 30.5. The van der Waals surface area contributed by atoms with Crippen LogP contribution < -0.4 is 0 Å². The molecule has 3 radical (unpaired) electrons. The van der Waals surface area contributed by atoms with Crippen LogP contribution in [0, 0.1) is 52.0 Å². The van der Waals surface area contributed by atoms with E-state index in [4.69, 9.17) is 15.0 Å². The molecule has 0 atom stereocenters. The molecule has 28 rings (SSSR count). The van der Waals surface area contributed by atoms with Crippen molar-refractivity contribution in [3.05, 3.63) is 493 Å². The molecular formula is C135H98Ir3N6-4. The summed E-state index contributed by atoms with van der Waals surface area (Å²) in [7, 11) is 0. The van der Waals surface area contributed by atoms with Crippen molar-refractivity contribution in [2.45, 2.75) is 85.5 Å². The van der Waals surface area contributed by atoms with Gasteiger partial charge in [-0.3, -0.25) is 9.97 Å². The van der Waals surface area contributed by atoms with E-state index in [1.54, 1.807) is 0 Å². The Morgan fingerprint density at radius 2 is 0.660 bits per heavy atom. The summed E-state index contributed by atoms with van der Waals surface area (Å²) in [6.07, 6.45) is 11.7. The number of pyridine rings is 2. The summed E-state index contributed by atoms with van der Waals surface area (Å²) in [5.41, 5.74) is 33.6. The first kappa shape index (κ1) is 93.8. The third-order valence-corrected chi connectivity index (χ3v) is 30.5. The van der Waals surface area contributed by atoms with Gasteiger partial charge >= 0.3 is 0 Å². The molecule has 0 bridgehead atoms. The average molecular weight is 2380 g/mol. The van der Waals surface area contributed by atoms with Gasteiger partial charge in [-0.05, 0) is 284 Å². The van der Waals surface area contributed by atoms with E-state index in [0.717, 1.165) is 56.4 Å². The smallest absolute Gasteiger partial charge is 0.0603 e. The third kappa shape index (κ3) is 15.6. The second kappa shape index (κ2) is 37.3. The van der Waals surface area contributed by atoms with Crippen molar-refractivity contribution in [3.63, 3.8) is 0 Å². The number of hydrogen-bond donors (Lipinski definition) is 0.